The van der Waals surface area contributed by atoms with Crippen molar-refractivity contribution in [3.05, 3.63) is 59.2 Å². The topological polar surface area (TPSA) is 104 Å². The number of hydrogen-bond acceptors (Lipinski definition) is 4. The van der Waals surface area contributed by atoms with Gasteiger partial charge in [-0.25, -0.2) is 4.98 Å². The number of nitrogens with zero attached hydrogens (tertiary/aromatic N) is 2. The van der Waals surface area contributed by atoms with Gasteiger partial charge in [-0.2, -0.15) is 13.2 Å². The molecule has 0 unspecified atom stereocenters. The molecule has 1 saturated carbocycles. The Labute approximate surface area is 186 Å². The number of carbonyl (C=O) groups is 2. The first-order chi connectivity index (χ1) is 15.7. The van der Waals surface area contributed by atoms with E-state index >= 15 is 0 Å². The largest absolute Gasteiger partial charge is 0.481 e. The van der Waals surface area contributed by atoms with E-state index in [1.54, 1.807) is 22.8 Å². The maximum atomic E-state index is 13.1. The van der Waals surface area contributed by atoms with Crippen molar-refractivity contribution in [2.24, 2.45) is 5.92 Å². The maximum absolute atomic E-state index is 13.1. The molecule has 4 rings (SSSR count). The summed E-state index contributed by atoms with van der Waals surface area (Å²) in [5.41, 5.74) is 0.737. The number of fused-ring (bicyclic) bond motifs is 1. The molecule has 1 aliphatic carbocycles. The first kappa shape index (κ1) is 22.8. The fourth-order valence-corrected chi connectivity index (χ4v) is 4.29. The molecule has 7 nitrogen and oxygen atoms in total. The number of benzene rings is 2. The number of alkyl halides is 3. The van der Waals surface area contributed by atoms with Crippen molar-refractivity contribution in [1.29, 1.82) is 0 Å². The van der Waals surface area contributed by atoms with E-state index in [1.165, 1.54) is 12.1 Å². The van der Waals surface area contributed by atoms with Crippen molar-refractivity contribution in [2.45, 2.75) is 44.5 Å². The minimum absolute atomic E-state index is 0.137. The van der Waals surface area contributed by atoms with E-state index in [2.05, 4.69) is 10.3 Å². The van der Waals surface area contributed by atoms with E-state index in [-0.39, 0.29) is 24.2 Å². The summed E-state index contributed by atoms with van der Waals surface area (Å²) < 4.78 is 41.0. The van der Waals surface area contributed by atoms with Crippen LogP contribution in [0, 0.1) is 5.92 Å². The third-order valence-electron chi connectivity index (χ3n) is 6.02. The molecule has 0 radical (unpaired) electrons. The molecule has 3 aromatic rings. The Hall–Kier alpha value is -3.40. The molecule has 0 atom stereocenters. The molecular weight excluding hydrogens is 439 g/mol. The highest BCUT2D eigenvalue weighted by Crippen LogP contribution is 2.37. The van der Waals surface area contributed by atoms with Crippen LogP contribution in [0.15, 0.2) is 42.5 Å². The molecule has 10 heteroatoms. The number of carboxylic acid groups (broad SMARTS) is 1. The predicted molar refractivity (Wildman–Crippen MR) is 114 cm³/mol. The SMILES string of the molecule is O=C(Nc1nc2cc(CO)ccc2n1C1CCC(C(=O)O)CC1)c1cccc(C(F)(F)F)c1. The highest BCUT2D eigenvalue weighted by molar-refractivity contribution is 6.04. The Balaban J connectivity index is 1.69. The molecule has 174 valence electrons. The van der Waals surface area contributed by atoms with E-state index in [4.69, 9.17) is 0 Å². The van der Waals surface area contributed by atoms with Crippen LogP contribution in [0.1, 0.15) is 53.2 Å². The average molecular weight is 461 g/mol. The number of halogens is 3. The standard InChI is InChI=1S/C23H22F3N3O4/c24-23(25,26)16-3-1-2-15(11-16)20(31)28-22-27-18-10-13(12-30)4-9-19(18)29(22)17-7-5-14(6-8-17)21(32)33/h1-4,9-11,14,17,30H,5-8,12H2,(H,32,33)(H,27,28,31). The van der Waals surface area contributed by atoms with Crippen LogP contribution in [0.2, 0.25) is 0 Å². The van der Waals surface area contributed by atoms with Crippen LogP contribution < -0.4 is 5.32 Å². The van der Waals surface area contributed by atoms with Crippen LogP contribution in [0.25, 0.3) is 11.0 Å². The average Bonchev–Trinajstić information content (AvgIpc) is 3.15. The lowest BCUT2D eigenvalue weighted by Crippen LogP contribution is -2.25. The molecule has 1 amide bonds. The Morgan fingerprint density at radius 3 is 2.45 bits per heavy atom. The molecule has 0 aliphatic heterocycles. The molecule has 1 fully saturated rings. The lowest BCUT2D eigenvalue weighted by Gasteiger charge is -2.28. The van der Waals surface area contributed by atoms with E-state index in [0.29, 0.717) is 42.3 Å². The van der Waals surface area contributed by atoms with Gasteiger partial charge in [0.1, 0.15) is 0 Å². The van der Waals surface area contributed by atoms with Crippen molar-refractivity contribution in [3.8, 4) is 0 Å². The van der Waals surface area contributed by atoms with Crippen LogP contribution in [0.5, 0.6) is 0 Å². The fourth-order valence-electron chi connectivity index (χ4n) is 4.29. The number of rotatable bonds is 5. The number of hydrogen-bond donors (Lipinski definition) is 3. The Kier molecular flexibility index (Phi) is 6.11. The van der Waals surface area contributed by atoms with Gasteiger partial charge in [0.25, 0.3) is 5.91 Å². The minimum atomic E-state index is -4.58. The minimum Gasteiger partial charge on any atom is -0.481 e. The molecule has 0 bridgehead atoms. The van der Waals surface area contributed by atoms with Crippen molar-refractivity contribution in [1.82, 2.24) is 9.55 Å². The number of anilines is 1. The van der Waals surface area contributed by atoms with Crippen LogP contribution >= 0.6 is 0 Å². The van der Waals surface area contributed by atoms with Gasteiger partial charge in [0.2, 0.25) is 5.95 Å². The highest BCUT2D eigenvalue weighted by atomic mass is 19.4. The van der Waals surface area contributed by atoms with Crippen LogP contribution in [0.3, 0.4) is 0 Å². The molecule has 3 N–H and O–H groups in total. The maximum Gasteiger partial charge on any atom is 0.416 e. The van der Waals surface area contributed by atoms with Crippen LogP contribution in [0.4, 0.5) is 19.1 Å². The quantitative estimate of drug-likeness (QED) is 0.515. The molecule has 1 heterocycles. The van der Waals surface area contributed by atoms with Gasteiger partial charge in [0.15, 0.2) is 0 Å². The Bertz CT molecular complexity index is 1200. The second kappa shape index (κ2) is 8.86. The van der Waals surface area contributed by atoms with Gasteiger partial charge >= 0.3 is 12.1 Å². The lowest BCUT2D eigenvalue weighted by atomic mass is 9.86. The van der Waals surface area contributed by atoms with Crippen molar-refractivity contribution in [2.75, 3.05) is 5.32 Å². The molecule has 0 spiro atoms. The number of carbonyl (C=O) groups excluding carboxylic acids is 1. The number of aliphatic hydroxyl groups excluding tert-OH is 1. The second-order valence-electron chi connectivity index (χ2n) is 8.16. The van der Waals surface area contributed by atoms with E-state index < -0.39 is 29.5 Å². The predicted octanol–water partition coefficient (Wildman–Crippen LogP) is 4.62. The number of aliphatic hydroxyl groups is 1. The van der Waals surface area contributed by atoms with Gasteiger partial charge in [-0.15, -0.1) is 0 Å². The molecule has 2 aromatic carbocycles. The summed E-state index contributed by atoms with van der Waals surface area (Å²) in [6, 6.07) is 9.16. The zero-order valence-electron chi connectivity index (χ0n) is 17.5. The molecule has 0 saturated heterocycles. The lowest BCUT2D eigenvalue weighted by molar-refractivity contribution is -0.143. The summed E-state index contributed by atoms with van der Waals surface area (Å²) in [6.45, 7) is -0.196. The summed E-state index contributed by atoms with van der Waals surface area (Å²) in [6.07, 6.45) is -2.54. The van der Waals surface area contributed by atoms with E-state index in [0.717, 1.165) is 12.1 Å². The summed E-state index contributed by atoms with van der Waals surface area (Å²) in [7, 11) is 0. The molecule has 33 heavy (non-hydrogen) atoms. The molecule has 1 aliphatic rings. The van der Waals surface area contributed by atoms with Gasteiger partial charge in [-0.3, -0.25) is 14.9 Å². The zero-order valence-corrected chi connectivity index (χ0v) is 17.5. The van der Waals surface area contributed by atoms with Crippen molar-refractivity contribution < 1.29 is 33.0 Å². The van der Waals surface area contributed by atoms with Crippen LogP contribution in [-0.4, -0.2) is 31.6 Å². The second-order valence-corrected chi connectivity index (χ2v) is 8.16. The van der Waals surface area contributed by atoms with Gasteiger partial charge in [0, 0.05) is 11.6 Å². The normalized spacial score (nSPS) is 18.9. The molecule has 1 aromatic heterocycles. The fraction of sp³-hybridized carbons (Fsp3) is 0.348. The van der Waals surface area contributed by atoms with Crippen molar-refractivity contribution in [3.63, 3.8) is 0 Å². The number of amides is 1. The smallest absolute Gasteiger partial charge is 0.416 e. The third kappa shape index (κ3) is 4.70. The number of carboxylic acids is 1. The number of aliphatic carboxylic acids is 1. The zero-order chi connectivity index (χ0) is 23.8. The first-order valence-corrected chi connectivity index (χ1v) is 10.5. The van der Waals surface area contributed by atoms with Crippen molar-refractivity contribution >= 4 is 28.9 Å². The highest BCUT2D eigenvalue weighted by Gasteiger charge is 2.32. The first-order valence-electron chi connectivity index (χ1n) is 10.5. The van der Waals surface area contributed by atoms with Crippen LogP contribution in [-0.2, 0) is 17.6 Å². The van der Waals surface area contributed by atoms with E-state index in [9.17, 15) is 33.0 Å². The van der Waals surface area contributed by atoms with Gasteiger partial charge in [-0.05, 0) is 61.6 Å². The van der Waals surface area contributed by atoms with Gasteiger partial charge in [-0.1, -0.05) is 12.1 Å². The van der Waals surface area contributed by atoms with Gasteiger partial charge < -0.3 is 14.8 Å². The summed E-state index contributed by atoms with van der Waals surface area (Å²) in [4.78, 5) is 28.6. The number of nitrogens with one attached hydrogen (secondary N) is 1. The van der Waals surface area contributed by atoms with Gasteiger partial charge in [0.05, 0.1) is 29.1 Å². The third-order valence-corrected chi connectivity index (χ3v) is 6.02. The Morgan fingerprint density at radius 2 is 1.82 bits per heavy atom. The number of aromatic nitrogens is 2. The van der Waals surface area contributed by atoms with E-state index in [1.807, 2.05) is 0 Å². The molecular formula is C23H22F3N3O4. The summed E-state index contributed by atoms with van der Waals surface area (Å²) in [5, 5.41) is 21.4. The number of imidazole rings is 1. The summed E-state index contributed by atoms with van der Waals surface area (Å²) in [5.74, 6) is -1.84. The Morgan fingerprint density at radius 1 is 1.09 bits per heavy atom. The monoisotopic (exact) mass is 461 g/mol. The summed E-state index contributed by atoms with van der Waals surface area (Å²) >= 11 is 0.